The third-order valence-corrected chi connectivity index (χ3v) is 4.53. The number of ether oxygens (including phenoxy) is 1. The highest BCUT2D eigenvalue weighted by atomic mass is 16.5. The van der Waals surface area contributed by atoms with Crippen molar-refractivity contribution in [3.05, 3.63) is 41.6 Å². The molecule has 0 spiro atoms. The molecule has 1 aliphatic carbocycles. The van der Waals surface area contributed by atoms with Gasteiger partial charge in [0.15, 0.2) is 0 Å². The van der Waals surface area contributed by atoms with Crippen molar-refractivity contribution in [3.8, 4) is 0 Å². The third-order valence-electron chi connectivity index (χ3n) is 4.53. The van der Waals surface area contributed by atoms with Crippen molar-refractivity contribution in [2.45, 2.75) is 31.8 Å². The summed E-state index contributed by atoms with van der Waals surface area (Å²) in [5.74, 6) is 2.19. The summed E-state index contributed by atoms with van der Waals surface area (Å²) in [6, 6.07) is 3.99. The predicted molar refractivity (Wildman–Crippen MR) is 82.3 cm³/mol. The van der Waals surface area contributed by atoms with Gasteiger partial charge in [0.2, 0.25) is 0 Å². The van der Waals surface area contributed by atoms with Gasteiger partial charge < -0.3 is 9.15 Å². The van der Waals surface area contributed by atoms with Crippen molar-refractivity contribution in [1.29, 1.82) is 0 Å². The Morgan fingerprint density at radius 2 is 2.27 bits per heavy atom. The standard InChI is InChI=1S/C17H23N3O2/c1-19-7-14-8-20(10-16-3-2-6-22-16)9-15(17(14)18-19)12-21-11-13-4-5-13/h2-3,6-7,13,15H,4-5,8-12H2,1H3/t15-/m1/s1. The van der Waals surface area contributed by atoms with Crippen LogP contribution in [-0.2, 0) is 24.9 Å². The van der Waals surface area contributed by atoms with E-state index in [1.807, 2.05) is 23.9 Å². The van der Waals surface area contributed by atoms with E-state index in [-0.39, 0.29) is 0 Å². The largest absolute Gasteiger partial charge is 0.468 e. The smallest absolute Gasteiger partial charge is 0.117 e. The molecule has 0 amide bonds. The number of aromatic nitrogens is 2. The van der Waals surface area contributed by atoms with Crippen LogP contribution in [0.1, 0.15) is 35.8 Å². The first-order chi connectivity index (χ1) is 10.8. The minimum Gasteiger partial charge on any atom is -0.468 e. The number of fused-ring (bicyclic) bond motifs is 1. The lowest BCUT2D eigenvalue weighted by atomic mass is 9.97. The van der Waals surface area contributed by atoms with Gasteiger partial charge in [-0.3, -0.25) is 9.58 Å². The van der Waals surface area contributed by atoms with Crippen molar-refractivity contribution in [2.24, 2.45) is 13.0 Å². The fourth-order valence-corrected chi connectivity index (χ4v) is 3.26. The highest BCUT2D eigenvalue weighted by molar-refractivity contribution is 5.24. The summed E-state index contributed by atoms with van der Waals surface area (Å²) >= 11 is 0. The number of aryl methyl sites for hydroxylation is 1. The van der Waals surface area contributed by atoms with Crippen LogP contribution in [0, 0.1) is 5.92 Å². The van der Waals surface area contributed by atoms with Gasteiger partial charge in [0, 0.05) is 44.4 Å². The lowest BCUT2D eigenvalue weighted by Crippen LogP contribution is -2.34. The Balaban J connectivity index is 1.45. The van der Waals surface area contributed by atoms with Crippen LogP contribution in [0.3, 0.4) is 0 Å². The topological polar surface area (TPSA) is 43.4 Å². The van der Waals surface area contributed by atoms with E-state index in [1.165, 1.54) is 24.1 Å². The third kappa shape index (κ3) is 3.10. The first-order valence-electron chi connectivity index (χ1n) is 8.13. The van der Waals surface area contributed by atoms with Gasteiger partial charge in [-0.1, -0.05) is 0 Å². The lowest BCUT2D eigenvalue weighted by Gasteiger charge is -2.31. The second kappa shape index (κ2) is 5.89. The van der Waals surface area contributed by atoms with E-state index in [4.69, 9.17) is 9.15 Å². The van der Waals surface area contributed by atoms with E-state index in [0.717, 1.165) is 44.5 Å². The molecule has 0 saturated heterocycles. The minimum atomic E-state index is 0.360. The molecule has 5 heteroatoms. The number of nitrogens with zero attached hydrogens (tertiary/aromatic N) is 3. The molecule has 5 nitrogen and oxygen atoms in total. The molecule has 1 saturated carbocycles. The highest BCUT2D eigenvalue weighted by Gasteiger charge is 2.29. The van der Waals surface area contributed by atoms with Crippen molar-refractivity contribution >= 4 is 0 Å². The minimum absolute atomic E-state index is 0.360. The SMILES string of the molecule is Cn1cc2c(n1)[C@@H](COCC1CC1)CN(Cc1ccco1)C2. The highest BCUT2D eigenvalue weighted by Crippen LogP contribution is 2.31. The number of hydrogen-bond donors (Lipinski definition) is 0. The molecule has 0 unspecified atom stereocenters. The van der Waals surface area contributed by atoms with Crippen LogP contribution in [0.2, 0.25) is 0 Å². The van der Waals surface area contributed by atoms with Gasteiger partial charge in [0.25, 0.3) is 0 Å². The molecule has 1 fully saturated rings. The van der Waals surface area contributed by atoms with Crippen LogP contribution < -0.4 is 0 Å². The molecule has 1 atom stereocenters. The zero-order valence-corrected chi connectivity index (χ0v) is 13.1. The quantitative estimate of drug-likeness (QED) is 0.822. The molecule has 118 valence electrons. The van der Waals surface area contributed by atoms with Crippen molar-refractivity contribution in [3.63, 3.8) is 0 Å². The molecule has 0 bridgehead atoms. The Morgan fingerprint density at radius 3 is 3.05 bits per heavy atom. The summed E-state index contributed by atoms with van der Waals surface area (Å²) in [6.07, 6.45) is 6.55. The van der Waals surface area contributed by atoms with Gasteiger partial charge in [-0.05, 0) is 30.9 Å². The zero-order chi connectivity index (χ0) is 14.9. The van der Waals surface area contributed by atoms with E-state index in [1.54, 1.807) is 6.26 Å². The Bertz CT molecular complexity index is 616. The molecule has 0 N–H and O–H groups in total. The summed E-state index contributed by atoms with van der Waals surface area (Å²) < 4.78 is 13.4. The molecule has 2 aromatic rings. The van der Waals surface area contributed by atoms with Gasteiger partial charge >= 0.3 is 0 Å². The normalized spacial score (nSPS) is 22.0. The second-order valence-corrected chi connectivity index (χ2v) is 6.64. The van der Waals surface area contributed by atoms with Gasteiger partial charge in [0.05, 0.1) is 25.1 Å². The fraction of sp³-hybridized carbons (Fsp3) is 0.588. The molecular weight excluding hydrogens is 278 g/mol. The van der Waals surface area contributed by atoms with E-state index in [9.17, 15) is 0 Å². The van der Waals surface area contributed by atoms with Crippen molar-refractivity contribution in [1.82, 2.24) is 14.7 Å². The van der Waals surface area contributed by atoms with Gasteiger partial charge in [-0.2, -0.15) is 5.10 Å². The Hall–Kier alpha value is -1.59. The first kappa shape index (κ1) is 14.0. The number of hydrogen-bond acceptors (Lipinski definition) is 4. The van der Waals surface area contributed by atoms with Gasteiger partial charge in [-0.25, -0.2) is 0 Å². The first-order valence-corrected chi connectivity index (χ1v) is 8.13. The average Bonchev–Trinajstić information content (AvgIpc) is 3.02. The lowest BCUT2D eigenvalue weighted by molar-refractivity contribution is 0.0865. The maximum Gasteiger partial charge on any atom is 0.117 e. The average molecular weight is 301 g/mol. The molecular formula is C17H23N3O2. The van der Waals surface area contributed by atoms with E-state index in [2.05, 4.69) is 16.2 Å². The van der Waals surface area contributed by atoms with Gasteiger partial charge in [0.1, 0.15) is 5.76 Å². The summed E-state index contributed by atoms with van der Waals surface area (Å²) in [5.41, 5.74) is 2.54. The second-order valence-electron chi connectivity index (χ2n) is 6.64. The van der Waals surface area contributed by atoms with Crippen LogP contribution in [0.5, 0.6) is 0 Å². The summed E-state index contributed by atoms with van der Waals surface area (Å²) in [7, 11) is 2.00. The van der Waals surface area contributed by atoms with E-state index in [0.29, 0.717) is 5.92 Å². The van der Waals surface area contributed by atoms with E-state index >= 15 is 0 Å². The maximum atomic E-state index is 5.95. The molecule has 2 aromatic heterocycles. The Kier molecular flexibility index (Phi) is 3.76. The summed E-state index contributed by atoms with van der Waals surface area (Å²) in [6.45, 7) is 4.45. The van der Waals surface area contributed by atoms with Crippen LogP contribution in [0.15, 0.2) is 29.0 Å². The zero-order valence-electron chi connectivity index (χ0n) is 13.1. The fourth-order valence-electron chi connectivity index (χ4n) is 3.26. The molecule has 2 aliphatic rings. The molecule has 1 aliphatic heterocycles. The van der Waals surface area contributed by atoms with Crippen LogP contribution in [0.4, 0.5) is 0 Å². The van der Waals surface area contributed by atoms with Crippen LogP contribution in [0.25, 0.3) is 0 Å². The molecule has 22 heavy (non-hydrogen) atoms. The summed E-state index contributed by atoms with van der Waals surface area (Å²) in [5, 5.41) is 4.66. The maximum absolute atomic E-state index is 5.95. The van der Waals surface area contributed by atoms with Crippen molar-refractivity contribution < 1.29 is 9.15 Å². The summed E-state index contributed by atoms with van der Waals surface area (Å²) in [4.78, 5) is 2.42. The monoisotopic (exact) mass is 301 g/mol. The molecule has 0 radical (unpaired) electrons. The van der Waals surface area contributed by atoms with Crippen LogP contribution >= 0.6 is 0 Å². The van der Waals surface area contributed by atoms with Gasteiger partial charge in [-0.15, -0.1) is 0 Å². The van der Waals surface area contributed by atoms with Crippen molar-refractivity contribution in [2.75, 3.05) is 19.8 Å². The Labute approximate surface area is 130 Å². The molecule has 4 rings (SSSR count). The predicted octanol–water partition coefficient (Wildman–Crippen LogP) is 2.54. The molecule has 0 aromatic carbocycles. The number of furan rings is 1. The van der Waals surface area contributed by atoms with Crippen LogP contribution in [-0.4, -0.2) is 34.4 Å². The molecule has 3 heterocycles. The van der Waals surface area contributed by atoms with E-state index < -0.39 is 0 Å². The Morgan fingerprint density at radius 1 is 1.36 bits per heavy atom. The number of rotatable bonds is 6.